The molecular formula is C20H24N6O2S. The lowest BCUT2D eigenvalue weighted by Gasteiger charge is -2.24. The third-order valence-corrected chi connectivity index (χ3v) is 7.37. The monoisotopic (exact) mass is 412 g/mol. The highest BCUT2D eigenvalue weighted by molar-refractivity contribution is 7.89. The van der Waals surface area contributed by atoms with Crippen molar-refractivity contribution >= 4 is 21.7 Å². The highest BCUT2D eigenvalue weighted by Gasteiger charge is 2.39. The van der Waals surface area contributed by atoms with Crippen LogP contribution in [0.1, 0.15) is 41.5 Å². The van der Waals surface area contributed by atoms with Crippen LogP contribution in [0.4, 0.5) is 11.6 Å². The van der Waals surface area contributed by atoms with Crippen LogP contribution in [0.15, 0.2) is 41.4 Å². The molecule has 1 fully saturated rings. The van der Waals surface area contributed by atoms with Crippen LogP contribution in [-0.4, -0.2) is 39.4 Å². The van der Waals surface area contributed by atoms with Gasteiger partial charge in [0, 0.05) is 12.7 Å². The molecule has 3 aromatic heterocycles. The van der Waals surface area contributed by atoms with Crippen LogP contribution in [0.3, 0.4) is 0 Å². The van der Waals surface area contributed by atoms with Crippen molar-refractivity contribution in [2.24, 2.45) is 0 Å². The molecule has 1 aliphatic rings. The Morgan fingerprint density at radius 1 is 1.17 bits per heavy atom. The van der Waals surface area contributed by atoms with Crippen molar-refractivity contribution in [2.75, 3.05) is 11.9 Å². The molecule has 152 valence electrons. The summed E-state index contributed by atoms with van der Waals surface area (Å²) in [6, 6.07) is 9.17. The summed E-state index contributed by atoms with van der Waals surface area (Å²) in [6.07, 6.45) is 3.24. The fourth-order valence-corrected chi connectivity index (χ4v) is 5.81. The van der Waals surface area contributed by atoms with Gasteiger partial charge in [0.25, 0.3) is 0 Å². The van der Waals surface area contributed by atoms with Gasteiger partial charge in [0.05, 0.1) is 23.1 Å². The van der Waals surface area contributed by atoms with Crippen molar-refractivity contribution in [2.45, 2.75) is 44.6 Å². The van der Waals surface area contributed by atoms with E-state index < -0.39 is 10.0 Å². The number of hydrogen-bond acceptors (Lipinski definition) is 6. The van der Waals surface area contributed by atoms with Gasteiger partial charge < -0.3 is 5.32 Å². The molecule has 0 bridgehead atoms. The molecule has 29 heavy (non-hydrogen) atoms. The molecule has 0 saturated carbocycles. The van der Waals surface area contributed by atoms with E-state index in [0.717, 1.165) is 29.9 Å². The second-order valence-corrected chi connectivity index (χ2v) is 9.11. The van der Waals surface area contributed by atoms with E-state index in [0.29, 0.717) is 23.8 Å². The van der Waals surface area contributed by atoms with Crippen LogP contribution in [0.25, 0.3) is 0 Å². The summed E-state index contributed by atoms with van der Waals surface area (Å²) < 4.78 is 28.3. The molecule has 0 aliphatic carbocycles. The van der Waals surface area contributed by atoms with Gasteiger partial charge in [-0.05, 0) is 57.4 Å². The lowest BCUT2D eigenvalue weighted by molar-refractivity contribution is 0.390. The molecule has 9 heteroatoms. The van der Waals surface area contributed by atoms with Gasteiger partial charge in [-0.3, -0.25) is 5.10 Å². The van der Waals surface area contributed by atoms with Crippen LogP contribution in [0.5, 0.6) is 0 Å². The van der Waals surface area contributed by atoms with Crippen molar-refractivity contribution < 1.29 is 8.42 Å². The first-order valence-corrected chi connectivity index (χ1v) is 11.0. The Hall–Kier alpha value is -2.78. The molecule has 1 saturated heterocycles. The highest BCUT2D eigenvalue weighted by atomic mass is 32.2. The Morgan fingerprint density at radius 3 is 2.72 bits per heavy atom. The van der Waals surface area contributed by atoms with Gasteiger partial charge in [-0.15, -0.1) is 0 Å². The maximum Gasteiger partial charge on any atom is 0.247 e. The van der Waals surface area contributed by atoms with Crippen LogP contribution in [0, 0.1) is 20.8 Å². The molecular weight excluding hydrogens is 388 g/mol. The van der Waals surface area contributed by atoms with E-state index in [9.17, 15) is 8.42 Å². The maximum absolute atomic E-state index is 13.4. The number of nitrogens with one attached hydrogen (secondary N) is 2. The first-order valence-electron chi connectivity index (χ1n) is 9.57. The summed E-state index contributed by atoms with van der Waals surface area (Å²) in [7, 11) is -3.67. The molecule has 3 aromatic rings. The molecule has 4 heterocycles. The number of aryl methyl sites for hydroxylation is 3. The van der Waals surface area contributed by atoms with Gasteiger partial charge in [-0.25, -0.2) is 18.4 Å². The zero-order valence-corrected chi connectivity index (χ0v) is 17.5. The fourth-order valence-electron chi connectivity index (χ4n) is 3.81. The van der Waals surface area contributed by atoms with Crippen molar-refractivity contribution in [1.29, 1.82) is 0 Å². The summed E-state index contributed by atoms with van der Waals surface area (Å²) >= 11 is 0. The number of rotatable bonds is 5. The Labute approximate surface area is 170 Å². The number of anilines is 2. The number of pyridine rings is 2. The third kappa shape index (κ3) is 3.63. The van der Waals surface area contributed by atoms with Gasteiger partial charge in [-0.2, -0.15) is 9.40 Å². The SMILES string of the molecule is Cc1cccnc1Nc1cccc([C@H]2CCCN2S(=O)(=O)c2c(C)n[nH]c2C)n1. The largest absolute Gasteiger partial charge is 0.325 e. The zero-order valence-electron chi connectivity index (χ0n) is 16.7. The van der Waals surface area contributed by atoms with Crippen molar-refractivity contribution in [3.63, 3.8) is 0 Å². The van der Waals surface area contributed by atoms with Crippen molar-refractivity contribution in [3.05, 3.63) is 59.2 Å². The standard InChI is InChI=1S/C20H24N6O2S/c1-13-7-5-11-21-20(13)23-18-10-4-8-16(22-18)17-9-6-12-26(17)29(27,28)19-14(2)24-25-15(19)3/h4-5,7-8,10-11,17H,6,9,12H2,1-3H3,(H,24,25)(H,21,22,23)/t17-/m1/s1. The Kier molecular flexibility index (Phi) is 5.10. The molecule has 2 N–H and O–H groups in total. The van der Waals surface area contributed by atoms with Gasteiger partial charge in [0.15, 0.2) is 0 Å². The van der Waals surface area contributed by atoms with Gasteiger partial charge in [0.2, 0.25) is 10.0 Å². The number of hydrogen-bond donors (Lipinski definition) is 2. The fraction of sp³-hybridized carbons (Fsp3) is 0.350. The minimum absolute atomic E-state index is 0.266. The minimum atomic E-state index is -3.67. The number of H-pyrrole nitrogens is 1. The molecule has 8 nitrogen and oxygen atoms in total. The first-order chi connectivity index (χ1) is 13.9. The van der Waals surface area contributed by atoms with E-state index in [2.05, 4.69) is 20.5 Å². The van der Waals surface area contributed by atoms with Crippen molar-refractivity contribution in [3.8, 4) is 0 Å². The molecule has 1 atom stereocenters. The smallest absolute Gasteiger partial charge is 0.247 e. The topological polar surface area (TPSA) is 104 Å². The number of aromatic amines is 1. The minimum Gasteiger partial charge on any atom is -0.325 e. The van der Waals surface area contributed by atoms with Crippen LogP contribution in [0.2, 0.25) is 0 Å². The predicted octanol–water partition coefficient (Wildman–Crippen LogP) is 3.39. The number of nitrogens with zero attached hydrogens (tertiary/aromatic N) is 4. The Balaban J connectivity index is 1.65. The molecule has 0 spiro atoms. The highest BCUT2D eigenvalue weighted by Crippen LogP contribution is 2.37. The summed E-state index contributed by atoms with van der Waals surface area (Å²) in [4.78, 5) is 9.31. The number of sulfonamides is 1. The van der Waals surface area contributed by atoms with Crippen LogP contribution >= 0.6 is 0 Å². The molecule has 1 aliphatic heterocycles. The Morgan fingerprint density at radius 2 is 2.00 bits per heavy atom. The molecule has 4 rings (SSSR count). The third-order valence-electron chi connectivity index (χ3n) is 5.20. The van der Waals surface area contributed by atoms with E-state index in [1.165, 1.54) is 0 Å². The molecule has 0 unspecified atom stereocenters. The second-order valence-electron chi connectivity index (χ2n) is 7.28. The normalized spacial score (nSPS) is 17.6. The summed E-state index contributed by atoms with van der Waals surface area (Å²) in [5.41, 5.74) is 2.78. The van der Waals surface area contributed by atoms with E-state index >= 15 is 0 Å². The lowest BCUT2D eigenvalue weighted by Crippen LogP contribution is -2.31. The van der Waals surface area contributed by atoms with E-state index in [1.54, 1.807) is 24.3 Å². The van der Waals surface area contributed by atoms with Crippen LogP contribution in [-0.2, 0) is 10.0 Å². The van der Waals surface area contributed by atoms with E-state index in [4.69, 9.17) is 4.98 Å². The Bertz CT molecular complexity index is 1120. The molecule has 0 aromatic carbocycles. The zero-order chi connectivity index (χ0) is 20.6. The molecule has 0 amide bonds. The van der Waals surface area contributed by atoms with Crippen LogP contribution < -0.4 is 5.32 Å². The van der Waals surface area contributed by atoms with Gasteiger partial charge in [-0.1, -0.05) is 12.1 Å². The summed E-state index contributed by atoms with van der Waals surface area (Å²) in [5, 5.41) is 10.1. The molecule has 0 radical (unpaired) electrons. The van der Waals surface area contributed by atoms with E-state index in [-0.39, 0.29) is 10.9 Å². The average Bonchev–Trinajstić information content (AvgIpc) is 3.31. The summed E-state index contributed by atoms with van der Waals surface area (Å²) in [5.74, 6) is 1.38. The number of aromatic nitrogens is 4. The average molecular weight is 413 g/mol. The maximum atomic E-state index is 13.4. The van der Waals surface area contributed by atoms with Gasteiger partial charge >= 0.3 is 0 Å². The van der Waals surface area contributed by atoms with Gasteiger partial charge in [0.1, 0.15) is 16.5 Å². The summed E-state index contributed by atoms with van der Waals surface area (Å²) in [6.45, 7) is 5.88. The lowest BCUT2D eigenvalue weighted by atomic mass is 10.1. The first kappa shape index (κ1) is 19.5. The second kappa shape index (κ2) is 7.57. The predicted molar refractivity (Wildman–Crippen MR) is 110 cm³/mol. The van der Waals surface area contributed by atoms with E-state index in [1.807, 2.05) is 37.3 Å². The van der Waals surface area contributed by atoms with Crippen molar-refractivity contribution in [1.82, 2.24) is 24.5 Å². The quantitative estimate of drug-likeness (QED) is 0.666.